The number of halogens is 3. The Morgan fingerprint density at radius 1 is 1.00 bits per heavy atom. The van der Waals surface area contributed by atoms with Gasteiger partial charge in [0.15, 0.2) is 0 Å². The number of hydrogen-bond donors (Lipinski definition) is 1. The fourth-order valence-corrected chi connectivity index (χ4v) is 3.89. The molecular formula is C21H22F3N3. The molecule has 142 valence electrons. The number of piperidine rings is 1. The van der Waals surface area contributed by atoms with Crippen LogP contribution in [-0.2, 0) is 12.6 Å². The predicted molar refractivity (Wildman–Crippen MR) is 99.7 cm³/mol. The van der Waals surface area contributed by atoms with E-state index in [1.54, 1.807) is 12.1 Å². The number of nitrogens with one attached hydrogen (secondary N) is 1. The molecule has 1 N–H and O–H groups in total. The Bertz CT molecular complexity index is 875. The highest BCUT2D eigenvalue weighted by atomic mass is 19.4. The second-order valence-corrected chi connectivity index (χ2v) is 7.16. The van der Waals surface area contributed by atoms with Crippen molar-refractivity contribution in [2.45, 2.75) is 31.4 Å². The van der Waals surface area contributed by atoms with Gasteiger partial charge in [-0.2, -0.15) is 13.2 Å². The van der Waals surface area contributed by atoms with Gasteiger partial charge in [0.25, 0.3) is 0 Å². The average Bonchev–Trinajstić information content (AvgIpc) is 3.10. The van der Waals surface area contributed by atoms with Crippen molar-refractivity contribution in [2.75, 3.05) is 19.6 Å². The summed E-state index contributed by atoms with van der Waals surface area (Å²) in [4.78, 5) is 10.4. The van der Waals surface area contributed by atoms with Gasteiger partial charge in [-0.1, -0.05) is 30.3 Å². The number of H-pyrrole nitrogens is 1. The van der Waals surface area contributed by atoms with Gasteiger partial charge < -0.3 is 9.88 Å². The zero-order valence-electron chi connectivity index (χ0n) is 15.0. The van der Waals surface area contributed by atoms with Gasteiger partial charge in [0.2, 0.25) is 0 Å². The Morgan fingerprint density at radius 2 is 1.70 bits per heavy atom. The molecule has 1 aliphatic rings. The lowest BCUT2D eigenvalue weighted by molar-refractivity contribution is -0.138. The molecule has 0 radical (unpaired) electrons. The van der Waals surface area contributed by atoms with Gasteiger partial charge in [0.05, 0.1) is 16.6 Å². The molecule has 0 aliphatic carbocycles. The van der Waals surface area contributed by atoms with Gasteiger partial charge in [0, 0.05) is 12.5 Å². The zero-order valence-corrected chi connectivity index (χ0v) is 15.0. The maximum Gasteiger partial charge on any atom is 0.416 e. The monoisotopic (exact) mass is 373 g/mol. The lowest BCUT2D eigenvalue weighted by atomic mass is 9.95. The highest BCUT2D eigenvalue weighted by Crippen LogP contribution is 2.32. The third kappa shape index (κ3) is 4.00. The third-order valence-corrected chi connectivity index (χ3v) is 5.40. The van der Waals surface area contributed by atoms with Crippen LogP contribution in [0.4, 0.5) is 13.2 Å². The normalized spacial score (nSPS) is 16.9. The smallest absolute Gasteiger partial charge is 0.342 e. The summed E-state index contributed by atoms with van der Waals surface area (Å²) in [6.45, 7) is 2.42. The van der Waals surface area contributed by atoms with Crippen molar-refractivity contribution in [1.82, 2.24) is 14.9 Å². The van der Waals surface area contributed by atoms with E-state index >= 15 is 0 Å². The minimum absolute atomic E-state index is 0.379. The number of rotatable bonds is 4. The van der Waals surface area contributed by atoms with Crippen molar-refractivity contribution >= 4 is 11.0 Å². The van der Waals surface area contributed by atoms with E-state index < -0.39 is 11.7 Å². The number of alkyl halides is 3. The van der Waals surface area contributed by atoms with Crippen molar-refractivity contribution in [3.8, 4) is 0 Å². The molecule has 2 heterocycles. The molecule has 0 saturated carbocycles. The van der Waals surface area contributed by atoms with Crippen LogP contribution in [-0.4, -0.2) is 34.5 Å². The van der Waals surface area contributed by atoms with Crippen molar-refractivity contribution in [2.24, 2.45) is 0 Å². The van der Waals surface area contributed by atoms with E-state index in [0.717, 1.165) is 42.8 Å². The Kier molecular flexibility index (Phi) is 4.91. The van der Waals surface area contributed by atoms with Crippen LogP contribution < -0.4 is 0 Å². The summed E-state index contributed by atoms with van der Waals surface area (Å²) in [5, 5.41) is 0. The first kappa shape index (κ1) is 18.0. The lowest BCUT2D eigenvalue weighted by Gasteiger charge is -2.31. The number of aromatic amines is 1. The second kappa shape index (κ2) is 7.35. The first-order chi connectivity index (χ1) is 13.0. The SMILES string of the molecule is FC(F)(F)c1ccccc1CCN1CCC(c2nc3ccccc3[nH]2)CC1. The molecular weight excluding hydrogens is 351 g/mol. The first-order valence-corrected chi connectivity index (χ1v) is 9.33. The average molecular weight is 373 g/mol. The largest absolute Gasteiger partial charge is 0.416 e. The van der Waals surface area contributed by atoms with E-state index in [1.807, 2.05) is 24.3 Å². The van der Waals surface area contributed by atoms with E-state index in [9.17, 15) is 13.2 Å². The minimum atomic E-state index is -4.29. The van der Waals surface area contributed by atoms with E-state index in [2.05, 4.69) is 9.88 Å². The van der Waals surface area contributed by atoms with E-state index in [4.69, 9.17) is 4.98 Å². The highest BCUT2D eigenvalue weighted by molar-refractivity contribution is 5.74. The second-order valence-electron chi connectivity index (χ2n) is 7.16. The van der Waals surface area contributed by atoms with Crippen LogP contribution in [0, 0.1) is 0 Å². The van der Waals surface area contributed by atoms with Crippen molar-refractivity contribution in [3.05, 3.63) is 65.5 Å². The molecule has 2 aromatic carbocycles. The van der Waals surface area contributed by atoms with Crippen LogP contribution in [0.25, 0.3) is 11.0 Å². The maximum atomic E-state index is 13.1. The summed E-state index contributed by atoms with van der Waals surface area (Å²) < 4.78 is 39.4. The maximum absolute atomic E-state index is 13.1. The number of nitrogens with zero attached hydrogens (tertiary/aromatic N) is 2. The van der Waals surface area contributed by atoms with Crippen LogP contribution in [0.1, 0.15) is 35.7 Å². The molecule has 6 heteroatoms. The Hall–Kier alpha value is -2.34. The van der Waals surface area contributed by atoms with Crippen molar-refractivity contribution < 1.29 is 13.2 Å². The van der Waals surface area contributed by atoms with Crippen LogP contribution in [0.2, 0.25) is 0 Å². The van der Waals surface area contributed by atoms with Gasteiger partial charge in [0.1, 0.15) is 5.82 Å². The number of imidazole rings is 1. The molecule has 27 heavy (non-hydrogen) atoms. The van der Waals surface area contributed by atoms with Crippen molar-refractivity contribution in [3.63, 3.8) is 0 Å². The molecule has 1 aromatic heterocycles. The van der Waals surface area contributed by atoms with E-state index in [0.29, 0.717) is 24.4 Å². The van der Waals surface area contributed by atoms with Crippen LogP contribution >= 0.6 is 0 Å². The minimum Gasteiger partial charge on any atom is -0.342 e. The number of aromatic nitrogens is 2. The number of para-hydroxylation sites is 2. The van der Waals surface area contributed by atoms with E-state index in [1.165, 1.54) is 12.1 Å². The summed E-state index contributed by atoms with van der Waals surface area (Å²) in [6.07, 6.45) is -1.92. The van der Waals surface area contributed by atoms with Gasteiger partial charge in [-0.25, -0.2) is 4.98 Å². The molecule has 4 rings (SSSR count). The Balaban J connectivity index is 1.35. The quantitative estimate of drug-likeness (QED) is 0.698. The molecule has 0 atom stereocenters. The summed E-state index contributed by atoms with van der Waals surface area (Å²) in [7, 11) is 0. The first-order valence-electron chi connectivity index (χ1n) is 9.33. The summed E-state index contributed by atoms with van der Waals surface area (Å²) in [6, 6.07) is 13.9. The van der Waals surface area contributed by atoms with Gasteiger partial charge in [-0.3, -0.25) is 0 Å². The topological polar surface area (TPSA) is 31.9 Å². The third-order valence-electron chi connectivity index (χ3n) is 5.40. The van der Waals surface area contributed by atoms with Crippen LogP contribution in [0.5, 0.6) is 0 Å². The molecule has 1 saturated heterocycles. The van der Waals surface area contributed by atoms with Crippen LogP contribution in [0.3, 0.4) is 0 Å². The zero-order chi connectivity index (χ0) is 18.9. The molecule has 0 bridgehead atoms. The lowest BCUT2D eigenvalue weighted by Crippen LogP contribution is -2.35. The molecule has 0 spiro atoms. The molecule has 0 amide bonds. The van der Waals surface area contributed by atoms with Gasteiger partial charge in [-0.05, 0) is 56.1 Å². The van der Waals surface area contributed by atoms with Gasteiger partial charge >= 0.3 is 6.18 Å². The predicted octanol–water partition coefficient (Wildman–Crippen LogP) is 5.00. The highest BCUT2D eigenvalue weighted by Gasteiger charge is 2.33. The molecule has 3 aromatic rings. The molecule has 1 fully saturated rings. The molecule has 0 unspecified atom stereocenters. The summed E-state index contributed by atoms with van der Waals surface area (Å²) in [5.74, 6) is 1.41. The number of hydrogen-bond acceptors (Lipinski definition) is 2. The fraction of sp³-hybridized carbons (Fsp3) is 0.381. The number of benzene rings is 2. The standard InChI is InChI=1S/C21H22F3N3/c22-21(23,24)17-6-2-1-5-15(17)9-12-27-13-10-16(11-14-27)20-25-18-7-3-4-8-19(18)26-20/h1-8,16H,9-14H2,(H,25,26). The fourth-order valence-electron chi connectivity index (χ4n) is 3.89. The molecule has 1 aliphatic heterocycles. The van der Waals surface area contributed by atoms with Crippen molar-refractivity contribution in [1.29, 1.82) is 0 Å². The number of fused-ring (bicyclic) bond motifs is 1. The summed E-state index contributed by atoms with van der Waals surface area (Å²) >= 11 is 0. The van der Waals surface area contributed by atoms with Gasteiger partial charge in [-0.15, -0.1) is 0 Å². The summed E-state index contributed by atoms with van der Waals surface area (Å²) in [5.41, 5.74) is 1.91. The Morgan fingerprint density at radius 3 is 2.44 bits per heavy atom. The number of likely N-dealkylation sites (tertiary alicyclic amines) is 1. The van der Waals surface area contributed by atoms with E-state index in [-0.39, 0.29) is 0 Å². The Labute approximate surface area is 156 Å². The molecule has 3 nitrogen and oxygen atoms in total. The van der Waals surface area contributed by atoms with Crippen LogP contribution in [0.15, 0.2) is 48.5 Å².